The second-order valence-corrected chi connectivity index (χ2v) is 7.13. The van der Waals surface area contributed by atoms with E-state index >= 15 is 0 Å². The van der Waals surface area contributed by atoms with Crippen molar-refractivity contribution in [2.45, 2.75) is 31.2 Å². The van der Waals surface area contributed by atoms with Gasteiger partial charge >= 0.3 is 0 Å². The maximum atomic E-state index is 12.0. The second-order valence-electron chi connectivity index (χ2n) is 7.13. The molecule has 0 saturated carbocycles. The number of carbonyl (C=O) groups is 1. The van der Waals surface area contributed by atoms with Crippen LogP contribution in [0.25, 0.3) is 0 Å². The topological polar surface area (TPSA) is 52.6 Å². The number of carbonyl (C=O) groups excluding carboxylic acids is 1. The van der Waals surface area contributed by atoms with Gasteiger partial charge in [-0.3, -0.25) is 9.69 Å². The molecule has 3 atom stereocenters. The van der Waals surface area contributed by atoms with Crippen LogP contribution in [0.5, 0.6) is 5.75 Å². The van der Waals surface area contributed by atoms with Crippen LogP contribution < -0.4 is 5.32 Å². The molecular formula is C19H20N2O2. The average molecular weight is 308 g/mol. The van der Waals surface area contributed by atoms with Gasteiger partial charge in [0.15, 0.2) is 0 Å². The Balaban J connectivity index is 1.84. The average Bonchev–Trinajstić information content (AvgIpc) is 3.12. The number of fused-ring (bicyclic) bond motifs is 2. The molecule has 0 amide bonds. The molecule has 0 aromatic heterocycles. The van der Waals surface area contributed by atoms with Gasteiger partial charge in [0, 0.05) is 36.3 Å². The van der Waals surface area contributed by atoms with Gasteiger partial charge in [0.25, 0.3) is 0 Å². The van der Waals surface area contributed by atoms with Gasteiger partial charge in [-0.25, -0.2) is 0 Å². The highest BCUT2D eigenvalue weighted by Gasteiger charge is 2.61. The zero-order chi connectivity index (χ0) is 15.8. The summed E-state index contributed by atoms with van der Waals surface area (Å²) in [5.74, 6) is 0.507. The molecule has 23 heavy (non-hydrogen) atoms. The van der Waals surface area contributed by atoms with Crippen molar-refractivity contribution in [3.63, 3.8) is 0 Å². The van der Waals surface area contributed by atoms with E-state index < -0.39 is 0 Å². The summed E-state index contributed by atoms with van der Waals surface area (Å²) in [6.45, 7) is 4.08. The predicted octanol–water partition coefficient (Wildman–Crippen LogP) is 2.56. The van der Waals surface area contributed by atoms with Gasteiger partial charge in [0.1, 0.15) is 12.0 Å². The minimum Gasteiger partial charge on any atom is -0.506 e. The number of benzene rings is 1. The number of phenolic OH excluding ortho intramolecular Hbond substituents is 1. The number of hydrogen-bond acceptors (Lipinski definition) is 4. The Morgan fingerprint density at radius 2 is 2.30 bits per heavy atom. The van der Waals surface area contributed by atoms with Gasteiger partial charge < -0.3 is 10.4 Å². The fourth-order valence-corrected chi connectivity index (χ4v) is 5.50. The number of nitrogens with zero attached hydrogens (tertiary/aromatic N) is 1. The monoisotopic (exact) mass is 308 g/mol. The summed E-state index contributed by atoms with van der Waals surface area (Å²) in [6, 6.07) is 6.18. The van der Waals surface area contributed by atoms with Crippen molar-refractivity contribution in [1.29, 1.82) is 0 Å². The number of nitrogens with one attached hydrogen (secondary N) is 1. The zero-order valence-electron chi connectivity index (χ0n) is 13.2. The van der Waals surface area contributed by atoms with Crippen molar-refractivity contribution in [1.82, 2.24) is 4.90 Å². The number of para-hydroxylation sites is 1. The van der Waals surface area contributed by atoms with E-state index in [-0.39, 0.29) is 17.1 Å². The SMILES string of the molecule is C/C=C1/CN2CC[C@]34C(=C(C=O)[C@H]1C[C@H]23)Nc1c(O)cccc14. The lowest BCUT2D eigenvalue weighted by atomic mass is 9.62. The minimum absolute atomic E-state index is 0.139. The summed E-state index contributed by atoms with van der Waals surface area (Å²) >= 11 is 0. The molecule has 4 heteroatoms. The lowest BCUT2D eigenvalue weighted by molar-refractivity contribution is -0.105. The quantitative estimate of drug-likeness (QED) is 0.476. The number of aromatic hydroxyl groups is 1. The van der Waals surface area contributed by atoms with Crippen LogP contribution in [0.3, 0.4) is 0 Å². The van der Waals surface area contributed by atoms with E-state index in [2.05, 4.69) is 29.3 Å². The molecule has 2 bridgehead atoms. The summed E-state index contributed by atoms with van der Waals surface area (Å²) < 4.78 is 0. The number of rotatable bonds is 1. The highest BCUT2D eigenvalue weighted by molar-refractivity contribution is 5.86. The van der Waals surface area contributed by atoms with Crippen molar-refractivity contribution in [3.8, 4) is 5.75 Å². The van der Waals surface area contributed by atoms with Crippen LogP contribution in [-0.4, -0.2) is 35.4 Å². The third-order valence-electron chi connectivity index (χ3n) is 6.48. The van der Waals surface area contributed by atoms with E-state index in [9.17, 15) is 9.90 Å². The molecule has 1 aromatic rings. The van der Waals surface area contributed by atoms with Crippen LogP contribution in [-0.2, 0) is 10.2 Å². The molecule has 0 unspecified atom stereocenters. The van der Waals surface area contributed by atoms with E-state index in [0.29, 0.717) is 6.04 Å². The van der Waals surface area contributed by atoms with Crippen LogP contribution in [0, 0.1) is 5.92 Å². The van der Waals surface area contributed by atoms with Crippen molar-refractivity contribution in [2.75, 3.05) is 18.4 Å². The van der Waals surface area contributed by atoms with Gasteiger partial charge in [-0.1, -0.05) is 23.8 Å². The summed E-state index contributed by atoms with van der Waals surface area (Å²) in [5.41, 5.74) is 5.13. The van der Waals surface area contributed by atoms with E-state index in [4.69, 9.17) is 0 Å². The normalized spacial score (nSPS) is 36.0. The first-order chi connectivity index (χ1) is 11.2. The maximum absolute atomic E-state index is 12.0. The molecule has 3 aliphatic heterocycles. The van der Waals surface area contributed by atoms with Crippen molar-refractivity contribution in [2.24, 2.45) is 5.92 Å². The molecule has 1 spiro atoms. The predicted molar refractivity (Wildman–Crippen MR) is 88.3 cm³/mol. The summed E-state index contributed by atoms with van der Waals surface area (Å²) in [4.78, 5) is 14.5. The van der Waals surface area contributed by atoms with E-state index in [1.165, 1.54) is 11.1 Å². The molecule has 5 rings (SSSR count). The van der Waals surface area contributed by atoms with E-state index in [1.807, 2.05) is 6.07 Å². The Morgan fingerprint density at radius 3 is 3.09 bits per heavy atom. The molecule has 0 radical (unpaired) electrons. The van der Waals surface area contributed by atoms with Crippen LogP contribution in [0.15, 0.2) is 41.1 Å². The molecule has 4 nitrogen and oxygen atoms in total. The van der Waals surface area contributed by atoms with Gasteiger partial charge in [-0.15, -0.1) is 0 Å². The largest absolute Gasteiger partial charge is 0.506 e. The zero-order valence-corrected chi connectivity index (χ0v) is 13.2. The Kier molecular flexibility index (Phi) is 2.48. The van der Waals surface area contributed by atoms with Gasteiger partial charge in [0.2, 0.25) is 0 Å². The van der Waals surface area contributed by atoms with Crippen LogP contribution in [0.2, 0.25) is 0 Å². The van der Waals surface area contributed by atoms with Gasteiger partial charge in [-0.05, 0) is 31.4 Å². The van der Waals surface area contributed by atoms with Gasteiger partial charge in [-0.2, -0.15) is 0 Å². The first-order valence-electron chi connectivity index (χ1n) is 8.39. The van der Waals surface area contributed by atoms with Gasteiger partial charge in [0.05, 0.1) is 11.1 Å². The third kappa shape index (κ3) is 1.39. The number of hydrogen-bond donors (Lipinski definition) is 2. The number of anilines is 1. The number of piperidine rings is 1. The smallest absolute Gasteiger partial charge is 0.148 e. The number of allylic oxidation sites excluding steroid dienone is 2. The lowest BCUT2D eigenvalue weighted by Crippen LogP contribution is -2.52. The number of phenols is 1. The van der Waals surface area contributed by atoms with Crippen LogP contribution in [0.1, 0.15) is 25.3 Å². The fourth-order valence-electron chi connectivity index (χ4n) is 5.50. The summed E-state index contributed by atoms with van der Waals surface area (Å²) in [7, 11) is 0. The molecule has 118 valence electrons. The summed E-state index contributed by atoms with van der Waals surface area (Å²) in [6.07, 6.45) is 5.24. The van der Waals surface area contributed by atoms with Crippen LogP contribution in [0.4, 0.5) is 5.69 Å². The minimum atomic E-state index is -0.139. The molecule has 2 saturated heterocycles. The highest BCUT2D eigenvalue weighted by Crippen LogP contribution is 2.61. The maximum Gasteiger partial charge on any atom is 0.148 e. The highest BCUT2D eigenvalue weighted by atomic mass is 16.3. The molecule has 1 aliphatic carbocycles. The molecular weight excluding hydrogens is 288 g/mol. The fraction of sp³-hybridized carbons (Fsp3) is 0.421. The van der Waals surface area contributed by atoms with Crippen molar-refractivity contribution < 1.29 is 9.90 Å². The first kappa shape index (κ1) is 13.4. The Labute approximate surface area is 135 Å². The third-order valence-corrected chi connectivity index (χ3v) is 6.48. The lowest BCUT2D eigenvalue weighted by Gasteiger charge is -2.48. The van der Waals surface area contributed by atoms with Crippen molar-refractivity contribution >= 4 is 12.0 Å². The van der Waals surface area contributed by atoms with Crippen molar-refractivity contribution in [3.05, 3.63) is 46.7 Å². The molecule has 3 heterocycles. The number of aldehydes is 1. The molecule has 4 aliphatic rings. The van der Waals surface area contributed by atoms with E-state index in [0.717, 1.165) is 49.2 Å². The molecule has 2 fully saturated rings. The van der Waals surface area contributed by atoms with E-state index in [1.54, 1.807) is 6.07 Å². The van der Waals surface area contributed by atoms with Crippen LogP contribution >= 0.6 is 0 Å². The Hall–Kier alpha value is -2.07. The standard InChI is InChI=1S/C19H20N2O2/c1-2-11-9-21-7-6-19-14-4-3-5-15(23)17(14)20-18(19)13(10-22)12(11)8-16(19)21/h2-5,10,12,16,20,23H,6-9H2,1H3/b11-2-/t12-,16-,19+/m0/s1. The second kappa shape index (κ2) is 4.26. The molecule has 2 N–H and O–H groups in total. The first-order valence-corrected chi connectivity index (χ1v) is 8.39. The Bertz CT molecular complexity index is 795. The molecule has 1 aromatic carbocycles. The Morgan fingerprint density at radius 1 is 1.43 bits per heavy atom. The summed E-state index contributed by atoms with van der Waals surface area (Å²) in [5, 5.41) is 13.7.